The Morgan fingerprint density at radius 3 is 2.61 bits per heavy atom. The second-order valence-corrected chi connectivity index (χ2v) is 8.43. The molecule has 3 rings (SSSR count). The molecule has 1 aromatic heterocycles. The van der Waals surface area contributed by atoms with E-state index in [0.717, 1.165) is 42.5 Å². The molecule has 2 aromatic carbocycles. The van der Waals surface area contributed by atoms with Gasteiger partial charge in [-0.1, -0.05) is 50.3 Å². The Bertz CT molecular complexity index is 1160. The molecule has 1 amide bonds. The molecule has 8 nitrogen and oxygen atoms in total. The van der Waals surface area contributed by atoms with Gasteiger partial charge >= 0.3 is 5.97 Å². The van der Waals surface area contributed by atoms with Crippen molar-refractivity contribution in [2.24, 2.45) is 0 Å². The van der Waals surface area contributed by atoms with Gasteiger partial charge in [-0.2, -0.15) is 0 Å². The van der Waals surface area contributed by atoms with Crippen LogP contribution in [0.4, 0.5) is 11.5 Å². The molecule has 8 heteroatoms. The molecule has 0 radical (unpaired) electrons. The van der Waals surface area contributed by atoms with Crippen LogP contribution >= 0.6 is 0 Å². The minimum atomic E-state index is -0.343. The maximum atomic E-state index is 12.4. The van der Waals surface area contributed by atoms with Crippen molar-refractivity contribution in [2.75, 3.05) is 36.9 Å². The van der Waals surface area contributed by atoms with E-state index in [9.17, 15) is 9.59 Å². The van der Waals surface area contributed by atoms with Crippen molar-refractivity contribution in [2.45, 2.75) is 39.7 Å². The number of nitrogens with one attached hydrogen (secondary N) is 2. The van der Waals surface area contributed by atoms with Crippen molar-refractivity contribution < 1.29 is 14.3 Å². The van der Waals surface area contributed by atoms with Crippen LogP contribution in [0.25, 0.3) is 10.9 Å². The lowest BCUT2D eigenvalue weighted by atomic mass is 10.1. The fraction of sp³-hybridized carbons (Fsp3) is 0.357. The largest absolute Gasteiger partial charge is 0.465 e. The molecule has 0 aliphatic rings. The second kappa shape index (κ2) is 13.9. The minimum absolute atomic E-state index is 0.0439. The number of fused-ring (bicyclic) bond motifs is 1. The average molecular weight is 490 g/mol. The van der Waals surface area contributed by atoms with Crippen molar-refractivity contribution in [1.82, 2.24) is 14.9 Å². The third-order valence-corrected chi connectivity index (χ3v) is 5.89. The number of anilines is 2. The van der Waals surface area contributed by atoms with Crippen LogP contribution in [-0.2, 0) is 14.3 Å². The van der Waals surface area contributed by atoms with Gasteiger partial charge in [0, 0.05) is 23.7 Å². The van der Waals surface area contributed by atoms with Crippen LogP contribution in [-0.4, -0.2) is 53.0 Å². The smallest absolute Gasteiger partial charge is 0.309 e. The van der Waals surface area contributed by atoms with Gasteiger partial charge in [0.15, 0.2) is 0 Å². The highest BCUT2D eigenvalue weighted by atomic mass is 16.5. The standard InChI is InChI=1S/C28H35N5O3/c1-4-33(5-2)17-10-18-36-27(35)14-9-13-26(34)32-23-15-16-25-24(19-23)28(30-20-29-25)31-21(3)22-11-7-6-8-12-22/h6-9,11-13,15-16,19-21H,4-5,10,14,17-18H2,1-3H3,(H,32,34)(H,29,30,31)/b13-9+. The summed E-state index contributed by atoms with van der Waals surface area (Å²) in [7, 11) is 0. The Hall–Kier alpha value is -3.78. The molecule has 1 unspecified atom stereocenters. The summed E-state index contributed by atoms with van der Waals surface area (Å²) in [5.41, 5.74) is 2.52. The molecule has 1 atom stereocenters. The summed E-state index contributed by atoms with van der Waals surface area (Å²) < 4.78 is 5.24. The summed E-state index contributed by atoms with van der Waals surface area (Å²) in [5.74, 6) is 0.0177. The molecular formula is C28H35N5O3. The molecule has 36 heavy (non-hydrogen) atoms. The van der Waals surface area contributed by atoms with Gasteiger partial charge < -0.3 is 20.3 Å². The van der Waals surface area contributed by atoms with E-state index in [4.69, 9.17) is 4.74 Å². The van der Waals surface area contributed by atoms with Gasteiger partial charge in [-0.05, 0) is 56.3 Å². The topological polar surface area (TPSA) is 96.5 Å². The fourth-order valence-electron chi connectivity index (χ4n) is 3.80. The summed E-state index contributed by atoms with van der Waals surface area (Å²) >= 11 is 0. The first kappa shape index (κ1) is 26.8. The summed E-state index contributed by atoms with van der Waals surface area (Å²) in [6.45, 7) is 9.54. The van der Waals surface area contributed by atoms with E-state index in [1.54, 1.807) is 6.07 Å². The van der Waals surface area contributed by atoms with Gasteiger partial charge in [-0.25, -0.2) is 9.97 Å². The number of hydrogen-bond donors (Lipinski definition) is 2. The maximum absolute atomic E-state index is 12.4. The number of nitrogens with zero attached hydrogens (tertiary/aromatic N) is 3. The van der Waals surface area contributed by atoms with Crippen LogP contribution in [0.3, 0.4) is 0 Å². The van der Waals surface area contributed by atoms with E-state index in [2.05, 4.69) is 58.4 Å². The predicted molar refractivity (Wildman–Crippen MR) is 144 cm³/mol. The van der Waals surface area contributed by atoms with Crippen molar-refractivity contribution in [1.29, 1.82) is 0 Å². The lowest BCUT2D eigenvalue weighted by molar-refractivity contribution is -0.142. The molecule has 1 heterocycles. The van der Waals surface area contributed by atoms with E-state index in [1.807, 2.05) is 30.3 Å². The summed E-state index contributed by atoms with van der Waals surface area (Å²) in [5, 5.41) is 7.06. The molecule has 0 fully saturated rings. The molecule has 0 spiro atoms. The van der Waals surface area contributed by atoms with Gasteiger partial charge in [0.25, 0.3) is 0 Å². The lowest BCUT2D eigenvalue weighted by Crippen LogP contribution is -2.25. The second-order valence-electron chi connectivity index (χ2n) is 8.43. The Morgan fingerprint density at radius 1 is 1.08 bits per heavy atom. The van der Waals surface area contributed by atoms with E-state index in [-0.39, 0.29) is 24.3 Å². The molecule has 0 saturated heterocycles. The van der Waals surface area contributed by atoms with E-state index in [0.29, 0.717) is 18.1 Å². The number of benzene rings is 2. The first-order chi connectivity index (χ1) is 17.5. The van der Waals surface area contributed by atoms with Gasteiger partial charge in [0.05, 0.1) is 18.5 Å². The molecular weight excluding hydrogens is 454 g/mol. The highest BCUT2D eigenvalue weighted by Gasteiger charge is 2.10. The normalized spacial score (nSPS) is 12.1. The van der Waals surface area contributed by atoms with Gasteiger partial charge in [-0.3, -0.25) is 9.59 Å². The Labute approximate surface area is 212 Å². The molecule has 2 N–H and O–H groups in total. The number of amides is 1. The molecule has 0 aliphatic heterocycles. The highest BCUT2D eigenvalue weighted by molar-refractivity contribution is 6.01. The number of carbonyl (C=O) groups is 2. The van der Waals surface area contributed by atoms with Crippen molar-refractivity contribution in [3.8, 4) is 0 Å². The Kier molecular flexibility index (Phi) is 10.4. The van der Waals surface area contributed by atoms with Crippen LogP contribution in [0.15, 0.2) is 67.0 Å². The predicted octanol–water partition coefficient (Wildman–Crippen LogP) is 4.96. The van der Waals surface area contributed by atoms with Crippen molar-refractivity contribution >= 4 is 34.3 Å². The van der Waals surface area contributed by atoms with Crippen LogP contribution in [0.1, 0.15) is 45.2 Å². The van der Waals surface area contributed by atoms with Crippen LogP contribution in [0, 0.1) is 0 Å². The van der Waals surface area contributed by atoms with E-state index < -0.39 is 0 Å². The average Bonchev–Trinajstić information content (AvgIpc) is 2.89. The summed E-state index contributed by atoms with van der Waals surface area (Å²) in [6.07, 6.45) is 5.23. The monoisotopic (exact) mass is 489 g/mol. The van der Waals surface area contributed by atoms with Crippen LogP contribution < -0.4 is 10.6 Å². The minimum Gasteiger partial charge on any atom is -0.465 e. The fourth-order valence-corrected chi connectivity index (χ4v) is 3.80. The van der Waals surface area contributed by atoms with Gasteiger partial charge in [-0.15, -0.1) is 0 Å². The molecule has 0 aliphatic carbocycles. The summed E-state index contributed by atoms with van der Waals surface area (Å²) in [4.78, 5) is 35.3. The zero-order chi connectivity index (χ0) is 25.8. The van der Waals surface area contributed by atoms with E-state index >= 15 is 0 Å². The number of rotatable bonds is 13. The third kappa shape index (κ3) is 8.16. The molecule has 3 aromatic rings. The lowest BCUT2D eigenvalue weighted by Gasteiger charge is -2.17. The molecule has 0 bridgehead atoms. The first-order valence-corrected chi connectivity index (χ1v) is 12.4. The zero-order valence-corrected chi connectivity index (χ0v) is 21.2. The van der Waals surface area contributed by atoms with E-state index in [1.165, 1.54) is 18.5 Å². The first-order valence-electron chi connectivity index (χ1n) is 12.4. The number of esters is 1. The molecule has 0 saturated carbocycles. The SMILES string of the molecule is CCN(CC)CCCOC(=O)C/C=C/C(=O)Nc1ccc2ncnc(NC(C)c3ccccc3)c2c1. The highest BCUT2D eigenvalue weighted by Crippen LogP contribution is 2.26. The number of hydrogen-bond acceptors (Lipinski definition) is 7. The Morgan fingerprint density at radius 2 is 1.86 bits per heavy atom. The summed E-state index contributed by atoms with van der Waals surface area (Å²) in [6, 6.07) is 15.6. The van der Waals surface area contributed by atoms with Gasteiger partial charge in [0.2, 0.25) is 5.91 Å². The number of ether oxygens (including phenoxy) is 1. The van der Waals surface area contributed by atoms with Crippen LogP contribution in [0.5, 0.6) is 0 Å². The maximum Gasteiger partial charge on any atom is 0.309 e. The van der Waals surface area contributed by atoms with Gasteiger partial charge in [0.1, 0.15) is 12.1 Å². The Balaban J connectivity index is 1.53. The van der Waals surface area contributed by atoms with Crippen molar-refractivity contribution in [3.63, 3.8) is 0 Å². The quantitative estimate of drug-likeness (QED) is 0.199. The third-order valence-electron chi connectivity index (χ3n) is 5.89. The number of carbonyl (C=O) groups excluding carboxylic acids is 2. The zero-order valence-electron chi connectivity index (χ0n) is 21.2. The van der Waals surface area contributed by atoms with Crippen molar-refractivity contribution in [3.05, 3.63) is 72.6 Å². The number of aromatic nitrogens is 2. The molecule has 190 valence electrons. The van der Waals surface area contributed by atoms with Crippen LogP contribution in [0.2, 0.25) is 0 Å².